The number of fused-ring (bicyclic) bond motifs is 1. The van der Waals surface area contributed by atoms with Crippen LogP contribution in [0.5, 0.6) is 0 Å². The van der Waals surface area contributed by atoms with E-state index in [0.717, 1.165) is 17.3 Å². The summed E-state index contributed by atoms with van der Waals surface area (Å²) < 4.78 is 0. The number of hydrogen-bond donors (Lipinski definition) is 3. The molecule has 0 spiro atoms. The number of aliphatic hydroxyl groups is 1. The molecule has 2 rings (SSSR count). The van der Waals surface area contributed by atoms with Crippen molar-refractivity contribution in [1.29, 1.82) is 0 Å². The minimum atomic E-state index is -0.121. The van der Waals surface area contributed by atoms with Crippen molar-refractivity contribution < 1.29 is 5.11 Å². The molecule has 2 aromatic rings. The Labute approximate surface area is 141 Å². The van der Waals surface area contributed by atoms with Gasteiger partial charge in [0, 0.05) is 24.2 Å². The Morgan fingerprint density at radius 3 is 2.78 bits per heavy atom. The monoisotopic (exact) mass is 333 g/mol. The van der Waals surface area contributed by atoms with E-state index < -0.39 is 0 Å². The Balaban J connectivity index is 2.34. The minimum Gasteiger partial charge on any atom is -0.395 e. The average molecular weight is 333 g/mol. The number of aliphatic hydroxyl groups excluding tert-OH is 1. The quantitative estimate of drug-likeness (QED) is 0.703. The van der Waals surface area contributed by atoms with Crippen molar-refractivity contribution in [2.75, 3.05) is 19.7 Å². The smallest absolute Gasteiger partial charge is 0.253 e. The van der Waals surface area contributed by atoms with Crippen LogP contribution in [0.1, 0.15) is 25.0 Å². The number of hydrogen-bond acceptors (Lipinski definition) is 3. The number of thiocarbonyl (C=S) groups is 1. The van der Waals surface area contributed by atoms with Gasteiger partial charge in [-0.15, -0.1) is 0 Å². The predicted molar refractivity (Wildman–Crippen MR) is 97.7 cm³/mol. The van der Waals surface area contributed by atoms with Crippen LogP contribution in [-0.2, 0) is 13.0 Å². The van der Waals surface area contributed by atoms with Crippen LogP contribution in [-0.4, -0.2) is 39.8 Å². The zero-order valence-electron chi connectivity index (χ0n) is 13.6. The normalized spacial score (nSPS) is 10.7. The SMILES string of the molecule is CCNC(=S)N(CCO)Cc1cc2cc(CC)ccc2[nH]c1=O. The summed E-state index contributed by atoms with van der Waals surface area (Å²) >= 11 is 5.31. The summed E-state index contributed by atoms with van der Waals surface area (Å²) in [5, 5.41) is 13.8. The number of benzene rings is 1. The maximum atomic E-state index is 12.3. The number of rotatable bonds is 6. The van der Waals surface area contributed by atoms with E-state index >= 15 is 0 Å². The summed E-state index contributed by atoms with van der Waals surface area (Å²) in [5.41, 5.74) is 2.58. The molecule has 124 valence electrons. The van der Waals surface area contributed by atoms with Crippen LogP contribution >= 0.6 is 12.2 Å². The van der Waals surface area contributed by atoms with Crippen LogP contribution in [0.25, 0.3) is 10.9 Å². The van der Waals surface area contributed by atoms with Gasteiger partial charge in [0.2, 0.25) is 0 Å². The van der Waals surface area contributed by atoms with Crippen molar-refractivity contribution >= 4 is 28.2 Å². The van der Waals surface area contributed by atoms with Gasteiger partial charge in [-0.2, -0.15) is 0 Å². The van der Waals surface area contributed by atoms with Crippen LogP contribution in [0.15, 0.2) is 29.1 Å². The highest BCUT2D eigenvalue weighted by molar-refractivity contribution is 7.80. The molecule has 0 aliphatic heterocycles. The van der Waals surface area contributed by atoms with Gasteiger partial charge in [0.25, 0.3) is 5.56 Å². The summed E-state index contributed by atoms with van der Waals surface area (Å²) in [6.07, 6.45) is 0.950. The molecule has 0 atom stereocenters. The molecule has 0 aliphatic carbocycles. The first-order valence-corrected chi connectivity index (χ1v) is 8.28. The summed E-state index contributed by atoms with van der Waals surface area (Å²) in [4.78, 5) is 17.0. The molecular formula is C17H23N3O2S. The molecule has 5 nitrogen and oxygen atoms in total. The van der Waals surface area contributed by atoms with E-state index in [9.17, 15) is 9.90 Å². The molecule has 0 radical (unpaired) electrons. The molecule has 0 unspecified atom stereocenters. The third kappa shape index (κ3) is 4.30. The molecule has 0 bridgehead atoms. The lowest BCUT2D eigenvalue weighted by atomic mass is 10.1. The molecule has 1 aromatic carbocycles. The highest BCUT2D eigenvalue weighted by Gasteiger charge is 2.12. The standard InChI is InChI=1S/C17H23N3O2S/c1-3-12-5-6-15-13(9-12)10-14(16(22)19-15)11-20(7-8-21)17(23)18-4-2/h5-6,9-10,21H,3-4,7-8,11H2,1-2H3,(H,18,23)(H,19,22). The van der Waals surface area contributed by atoms with E-state index in [2.05, 4.69) is 23.3 Å². The van der Waals surface area contributed by atoms with Gasteiger partial charge in [-0.1, -0.05) is 13.0 Å². The maximum absolute atomic E-state index is 12.3. The van der Waals surface area contributed by atoms with Gasteiger partial charge < -0.3 is 20.3 Å². The first kappa shape index (κ1) is 17.4. The number of nitrogens with one attached hydrogen (secondary N) is 2. The lowest BCUT2D eigenvalue weighted by Crippen LogP contribution is -2.41. The number of nitrogens with zero attached hydrogens (tertiary/aromatic N) is 1. The highest BCUT2D eigenvalue weighted by Crippen LogP contribution is 2.15. The summed E-state index contributed by atoms with van der Waals surface area (Å²) in [6.45, 7) is 5.50. The van der Waals surface area contributed by atoms with Gasteiger partial charge in [0.15, 0.2) is 5.11 Å². The molecule has 0 saturated heterocycles. The first-order valence-electron chi connectivity index (χ1n) is 7.87. The summed E-state index contributed by atoms with van der Waals surface area (Å²) in [7, 11) is 0. The van der Waals surface area contributed by atoms with Gasteiger partial charge in [-0.25, -0.2) is 0 Å². The minimum absolute atomic E-state index is 0.0169. The summed E-state index contributed by atoms with van der Waals surface area (Å²) in [5.74, 6) is 0. The van der Waals surface area contributed by atoms with Gasteiger partial charge in [0.05, 0.1) is 13.2 Å². The number of H-pyrrole nitrogens is 1. The molecule has 1 aromatic heterocycles. The molecule has 0 saturated carbocycles. The van der Waals surface area contributed by atoms with Crippen molar-refractivity contribution in [3.8, 4) is 0 Å². The van der Waals surface area contributed by atoms with Crippen molar-refractivity contribution in [3.63, 3.8) is 0 Å². The lowest BCUT2D eigenvalue weighted by molar-refractivity contribution is 0.245. The average Bonchev–Trinajstić information content (AvgIpc) is 2.54. The molecule has 0 fully saturated rings. The highest BCUT2D eigenvalue weighted by atomic mass is 32.1. The molecule has 6 heteroatoms. The van der Waals surface area contributed by atoms with E-state index in [1.807, 2.05) is 25.1 Å². The zero-order chi connectivity index (χ0) is 16.8. The second-order valence-corrected chi connectivity index (χ2v) is 5.77. The molecule has 0 aliphatic rings. The Morgan fingerprint density at radius 1 is 1.35 bits per heavy atom. The zero-order valence-corrected chi connectivity index (χ0v) is 14.4. The van der Waals surface area contributed by atoms with Gasteiger partial charge in [0.1, 0.15) is 0 Å². The van der Waals surface area contributed by atoms with Crippen LogP contribution in [0.3, 0.4) is 0 Å². The van der Waals surface area contributed by atoms with Crippen molar-refractivity contribution in [3.05, 3.63) is 45.7 Å². The fourth-order valence-electron chi connectivity index (χ4n) is 2.48. The van der Waals surface area contributed by atoms with Gasteiger partial charge in [-0.3, -0.25) is 4.79 Å². The number of aryl methyl sites for hydroxylation is 1. The van der Waals surface area contributed by atoms with E-state index in [-0.39, 0.29) is 12.2 Å². The fourth-order valence-corrected chi connectivity index (χ4v) is 2.78. The Kier molecular flexibility index (Phi) is 6.12. The predicted octanol–water partition coefficient (Wildman–Crippen LogP) is 1.78. The molecule has 0 amide bonds. The molecule has 1 heterocycles. The third-order valence-electron chi connectivity index (χ3n) is 3.74. The topological polar surface area (TPSA) is 68.4 Å². The third-order valence-corrected chi connectivity index (χ3v) is 4.14. The van der Waals surface area contributed by atoms with Gasteiger partial charge >= 0.3 is 0 Å². The van der Waals surface area contributed by atoms with Crippen LogP contribution in [0, 0.1) is 0 Å². The Bertz CT molecular complexity index is 742. The maximum Gasteiger partial charge on any atom is 0.253 e. The molecular weight excluding hydrogens is 310 g/mol. The lowest BCUT2D eigenvalue weighted by Gasteiger charge is -2.24. The van der Waals surface area contributed by atoms with Crippen LogP contribution in [0.2, 0.25) is 0 Å². The molecule has 23 heavy (non-hydrogen) atoms. The molecule has 3 N–H and O–H groups in total. The Morgan fingerprint density at radius 2 is 2.13 bits per heavy atom. The fraction of sp³-hybridized carbons (Fsp3) is 0.412. The van der Waals surface area contributed by atoms with E-state index in [1.165, 1.54) is 5.56 Å². The van der Waals surface area contributed by atoms with Crippen LogP contribution < -0.4 is 10.9 Å². The first-order chi connectivity index (χ1) is 11.1. The van der Waals surface area contributed by atoms with Gasteiger partial charge in [-0.05, 0) is 54.7 Å². The number of aromatic amines is 1. The Hall–Kier alpha value is -1.92. The van der Waals surface area contributed by atoms with E-state index in [0.29, 0.717) is 30.3 Å². The number of aromatic nitrogens is 1. The van der Waals surface area contributed by atoms with Crippen molar-refractivity contribution in [1.82, 2.24) is 15.2 Å². The van der Waals surface area contributed by atoms with Crippen molar-refractivity contribution in [2.45, 2.75) is 26.8 Å². The van der Waals surface area contributed by atoms with E-state index in [1.54, 1.807) is 4.90 Å². The second-order valence-electron chi connectivity index (χ2n) is 5.38. The van der Waals surface area contributed by atoms with Crippen LogP contribution in [0.4, 0.5) is 0 Å². The largest absolute Gasteiger partial charge is 0.395 e. The number of pyridine rings is 1. The second kappa shape index (κ2) is 8.08. The van der Waals surface area contributed by atoms with E-state index in [4.69, 9.17) is 12.2 Å². The van der Waals surface area contributed by atoms with Crippen molar-refractivity contribution in [2.24, 2.45) is 0 Å². The summed E-state index contributed by atoms with van der Waals surface area (Å²) in [6, 6.07) is 7.96.